The highest BCUT2D eigenvalue weighted by atomic mass is 14.2. The number of benzene rings is 2. The van der Waals surface area contributed by atoms with Gasteiger partial charge in [0.15, 0.2) is 0 Å². The molecule has 2 rings (SSSR count). The summed E-state index contributed by atoms with van der Waals surface area (Å²) < 4.78 is 0. The molecule has 0 aliphatic heterocycles. The van der Waals surface area contributed by atoms with Crippen molar-refractivity contribution in [1.82, 2.24) is 0 Å². The van der Waals surface area contributed by atoms with Crippen LogP contribution in [0.4, 0.5) is 0 Å². The molecule has 88 valence electrons. The Labute approximate surface area is 104 Å². The fourth-order valence-electron chi connectivity index (χ4n) is 2.68. The van der Waals surface area contributed by atoms with Gasteiger partial charge in [-0.05, 0) is 47.6 Å². The predicted octanol–water partition coefficient (Wildman–Crippen LogP) is 5.09. The largest absolute Gasteiger partial charge is 0.0622 e. The standard InChI is InChI=1S/C17H20/c1-12(2)17-13(3)10-11-16(14(17)4)15-8-6-5-7-9-15/h5-12H,1-4H3. The molecule has 0 heteroatoms. The Bertz CT molecular complexity index is 507. The van der Waals surface area contributed by atoms with Crippen molar-refractivity contribution in [1.29, 1.82) is 0 Å². The quantitative estimate of drug-likeness (QED) is 0.666. The van der Waals surface area contributed by atoms with Crippen LogP contribution in [-0.2, 0) is 0 Å². The maximum atomic E-state index is 2.27. The Morgan fingerprint density at radius 1 is 0.824 bits per heavy atom. The molecule has 17 heavy (non-hydrogen) atoms. The fourth-order valence-corrected chi connectivity index (χ4v) is 2.68. The molecule has 0 radical (unpaired) electrons. The van der Waals surface area contributed by atoms with E-state index < -0.39 is 0 Å². The smallest absolute Gasteiger partial charge is 0.0152 e. The summed E-state index contributed by atoms with van der Waals surface area (Å²) in [5.74, 6) is 0.582. The molecule has 0 saturated heterocycles. The van der Waals surface area contributed by atoms with Crippen LogP contribution in [0, 0.1) is 13.8 Å². The van der Waals surface area contributed by atoms with E-state index in [-0.39, 0.29) is 0 Å². The molecular formula is C17H20. The lowest BCUT2D eigenvalue weighted by Gasteiger charge is -2.17. The molecule has 0 aliphatic rings. The highest BCUT2D eigenvalue weighted by molar-refractivity contribution is 5.69. The average Bonchev–Trinajstić information content (AvgIpc) is 2.30. The minimum absolute atomic E-state index is 0.582. The van der Waals surface area contributed by atoms with Crippen LogP contribution in [0.1, 0.15) is 36.5 Å². The van der Waals surface area contributed by atoms with Crippen LogP contribution in [0.3, 0.4) is 0 Å². The summed E-state index contributed by atoms with van der Waals surface area (Å²) in [5, 5.41) is 0. The normalized spacial score (nSPS) is 10.9. The number of hydrogen-bond acceptors (Lipinski definition) is 0. The number of aryl methyl sites for hydroxylation is 1. The van der Waals surface area contributed by atoms with Crippen LogP contribution in [0.5, 0.6) is 0 Å². The van der Waals surface area contributed by atoms with Gasteiger partial charge >= 0.3 is 0 Å². The molecule has 0 aromatic heterocycles. The van der Waals surface area contributed by atoms with E-state index in [0.717, 1.165) is 0 Å². The highest BCUT2D eigenvalue weighted by Gasteiger charge is 2.11. The highest BCUT2D eigenvalue weighted by Crippen LogP contribution is 2.31. The summed E-state index contributed by atoms with van der Waals surface area (Å²) in [4.78, 5) is 0. The minimum atomic E-state index is 0.582. The third-order valence-electron chi connectivity index (χ3n) is 3.39. The molecule has 0 N–H and O–H groups in total. The Balaban J connectivity index is 2.62. The molecule has 2 aromatic carbocycles. The van der Waals surface area contributed by atoms with E-state index in [1.54, 1.807) is 0 Å². The summed E-state index contributed by atoms with van der Waals surface area (Å²) in [6.07, 6.45) is 0. The van der Waals surface area contributed by atoms with E-state index in [1.807, 2.05) is 0 Å². The Morgan fingerprint density at radius 2 is 1.47 bits per heavy atom. The van der Waals surface area contributed by atoms with Gasteiger partial charge in [-0.3, -0.25) is 0 Å². The maximum absolute atomic E-state index is 2.27. The third-order valence-corrected chi connectivity index (χ3v) is 3.39. The van der Waals surface area contributed by atoms with Crippen molar-refractivity contribution < 1.29 is 0 Å². The second-order valence-electron chi connectivity index (χ2n) is 4.99. The lowest BCUT2D eigenvalue weighted by molar-refractivity contribution is 0.847. The second kappa shape index (κ2) is 4.75. The van der Waals surface area contributed by atoms with Crippen LogP contribution in [-0.4, -0.2) is 0 Å². The lowest BCUT2D eigenvalue weighted by Crippen LogP contribution is -1.98. The molecule has 0 aliphatic carbocycles. The molecule has 0 fully saturated rings. The second-order valence-corrected chi connectivity index (χ2v) is 4.99. The SMILES string of the molecule is Cc1ccc(-c2ccccc2)c(C)c1C(C)C. The van der Waals surface area contributed by atoms with Crippen LogP contribution in [0.15, 0.2) is 42.5 Å². The summed E-state index contributed by atoms with van der Waals surface area (Å²) in [5.41, 5.74) is 6.99. The van der Waals surface area contributed by atoms with Gasteiger partial charge in [0.25, 0.3) is 0 Å². The van der Waals surface area contributed by atoms with E-state index >= 15 is 0 Å². The average molecular weight is 224 g/mol. The predicted molar refractivity (Wildman–Crippen MR) is 75.4 cm³/mol. The van der Waals surface area contributed by atoms with Crippen molar-refractivity contribution in [2.45, 2.75) is 33.6 Å². The number of rotatable bonds is 2. The van der Waals surface area contributed by atoms with Crippen molar-refractivity contribution >= 4 is 0 Å². The third kappa shape index (κ3) is 2.26. The van der Waals surface area contributed by atoms with Crippen LogP contribution in [0.25, 0.3) is 11.1 Å². The van der Waals surface area contributed by atoms with E-state index in [1.165, 1.54) is 27.8 Å². The van der Waals surface area contributed by atoms with Gasteiger partial charge in [0.05, 0.1) is 0 Å². The molecule has 0 spiro atoms. The van der Waals surface area contributed by atoms with Gasteiger partial charge in [-0.1, -0.05) is 56.3 Å². The van der Waals surface area contributed by atoms with Gasteiger partial charge in [-0.25, -0.2) is 0 Å². The van der Waals surface area contributed by atoms with E-state index in [4.69, 9.17) is 0 Å². The molecule has 0 unspecified atom stereocenters. The summed E-state index contributed by atoms with van der Waals surface area (Å²) in [7, 11) is 0. The maximum Gasteiger partial charge on any atom is -0.0152 e. The monoisotopic (exact) mass is 224 g/mol. The van der Waals surface area contributed by atoms with Gasteiger partial charge in [0, 0.05) is 0 Å². The minimum Gasteiger partial charge on any atom is -0.0622 e. The molecule has 0 nitrogen and oxygen atoms in total. The summed E-state index contributed by atoms with van der Waals surface area (Å²) in [6.45, 7) is 8.98. The zero-order chi connectivity index (χ0) is 12.4. The van der Waals surface area contributed by atoms with Crippen LogP contribution in [0.2, 0.25) is 0 Å². The fraction of sp³-hybridized carbons (Fsp3) is 0.294. The van der Waals surface area contributed by atoms with Crippen LogP contribution < -0.4 is 0 Å². The Morgan fingerprint density at radius 3 is 2.06 bits per heavy atom. The molecule has 0 atom stereocenters. The first-order valence-electron chi connectivity index (χ1n) is 6.26. The number of hydrogen-bond donors (Lipinski definition) is 0. The first kappa shape index (κ1) is 11.9. The molecule has 0 amide bonds. The zero-order valence-corrected chi connectivity index (χ0v) is 11.1. The molecule has 0 saturated carbocycles. The van der Waals surface area contributed by atoms with Gasteiger partial charge in [0.2, 0.25) is 0 Å². The van der Waals surface area contributed by atoms with Crippen molar-refractivity contribution in [3.63, 3.8) is 0 Å². The van der Waals surface area contributed by atoms with E-state index in [0.29, 0.717) is 5.92 Å². The van der Waals surface area contributed by atoms with Crippen molar-refractivity contribution in [2.24, 2.45) is 0 Å². The Kier molecular flexibility index (Phi) is 3.33. The van der Waals surface area contributed by atoms with Crippen molar-refractivity contribution in [2.75, 3.05) is 0 Å². The molecular weight excluding hydrogens is 204 g/mol. The molecule has 2 aromatic rings. The Hall–Kier alpha value is -1.56. The first-order chi connectivity index (χ1) is 8.11. The van der Waals surface area contributed by atoms with Crippen molar-refractivity contribution in [3.05, 3.63) is 59.2 Å². The van der Waals surface area contributed by atoms with E-state index in [2.05, 4.69) is 70.2 Å². The zero-order valence-electron chi connectivity index (χ0n) is 11.1. The van der Waals surface area contributed by atoms with Crippen LogP contribution >= 0.6 is 0 Å². The van der Waals surface area contributed by atoms with E-state index in [9.17, 15) is 0 Å². The lowest BCUT2D eigenvalue weighted by atomic mass is 9.88. The first-order valence-corrected chi connectivity index (χ1v) is 6.26. The van der Waals surface area contributed by atoms with Gasteiger partial charge in [-0.2, -0.15) is 0 Å². The summed E-state index contributed by atoms with van der Waals surface area (Å²) >= 11 is 0. The van der Waals surface area contributed by atoms with Gasteiger partial charge < -0.3 is 0 Å². The summed E-state index contributed by atoms with van der Waals surface area (Å²) in [6, 6.07) is 15.1. The van der Waals surface area contributed by atoms with Crippen molar-refractivity contribution in [3.8, 4) is 11.1 Å². The van der Waals surface area contributed by atoms with Gasteiger partial charge in [0.1, 0.15) is 0 Å². The molecule has 0 heterocycles. The molecule has 0 bridgehead atoms. The topological polar surface area (TPSA) is 0 Å². The van der Waals surface area contributed by atoms with Gasteiger partial charge in [-0.15, -0.1) is 0 Å².